The number of hydrogen-bond acceptors (Lipinski definition) is 21. The molecular weight excluding hydrogens is 1180 g/mol. The van der Waals surface area contributed by atoms with Crippen LogP contribution in [0.2, 0.25) is 0 Å². The Balaban J connectivity index is 0.00000946. The molecule has 0 unspecified atom stereocenters. The van der Waals surface area contributed by atoms with Gasteiger partial charge in [-0.2, -0.15) is 57.3 Å². The molecule has 0 fully saturated rings. The van der Waals surface area contributed by atoms with Crippen molar-refractivity contribution in [3.63, 3.8) is 0 Å². The Bertz CT molecular complexity index is 4570. The van der Waals surface area contributed by atoms with Crippen LogP contribution >= 0.6 is 0 Å². The number of fused-ring (bicyclic) bond motifs is 2. The maximum Gasteiger partial charge on any atom is 0.339 e. The van der Waals surface area contributed by atoms with Crippen LogP contribution in [-0.2, 0) is 50.6 Å². The van der Waals surface area contributed by atoms with E-state index in [9.17, 15) is 80.6 Å². The minimum Gasteiger partial charge on any atom is -0.505 e. The number of non-ortho nitro benzene ring substituents is 1. The first-order valence-corrected chi connectivity index (χ1v) is 29.1. The van der Waals surface area contributed by atoms with E-state index in [-0.39, 0.29) is 101 Å². The smallest absolute Gasteiger partial charge is 0.339 e. The number of phenols is 1. The van der Waals surface area contributed by atoms with Crippen LogP contribution in [-0.4, -0.2) is 118 Å². The summed E-state index contributed by atoms with van der Waals surface area (Å²) in [6, 6.07) is 24.5. The number of aromatic hydroxyl groups is 1. The molecule has 1 radical (unpaired) electrons. The van der Waals surface area contributed by atoms with E-state index in [1.54, 1.807) is 0 Å². The number of amidine groups is 1. The third-order valence-electron chi connectivity index (χ3n) is 11.2. The fraction of sp³-hybridized carbons (Fsp3) is 0.0426. The molecule has 0 aliphatic carbocycles. The number of phenolic OH excluding ortho intramolecular Hbond substituents is 1. The minimum absolute atomic E-state index is 0. The standard InChI is InChI=1S/C47H36N8O20S5.Na/c1-25-16-38(40(74-2)24-37(25)52-53-39-22-33(76(60,61)62)18-27-19-34(77(63,64)65)23-41(44(27)39)75-80(72,73)32-6-4-3-5-7-32)50-47(57)49-30-12-14-35-26(17-30)20-43(79(69,70)71)45(46(35)56)54-51-29-10-8-28(9-11-29)48-36-15-13-31(55(58)59)21-42(36)78(66,67)68;/h3-24,48,56H,1-2H3,(H2,49,50,57)(H,60,61,62)(H,63,64,65)(H,66,67,68)(H,69,70,71);. The number of aliphatic hydroxyl groups is 1. The molecule has 34 heteroatoms. The Morgan fingerprint density at radius 3 is 1.81 bits per heavy atom. The summed E-state index contributed by atoms with van der Waals surface area (Å²) in [7, 11) is -23.7. The molecule has 0 saturated carbocycles. The van der Waals surface area contributed by atoms with Crippen LogP contribution < -0.4 is 19.6 Å². The van der Waals surface area contributed by atoms with E-state index in [0.717, 1.165) is 36.4 Å². The third-order valence-corrected chi connectivity index (χ3v) is 15.9. The maximum atomic E-state index is 13.4. The number of nitrogens with one attached hydrogen (secondary N) is 2. The number of nitro benzene ring substituents is 1. The molecular formula is C47H36N8NaO20S5. The van der Waals surface area contributed by atoms with Crippen LogP contribution in [0.15, 0.2) is 183 Å². The molecule has 0 bridgehead atoms. The number of azo groups is 2. The normalized spacial score (nSPS) is 12.6. The summed E-state index contributed by atoms with van der Waals surface area (Å²) in [5, 5.41) is 54.1. The average Bonchev–Trinajstić information content (AvgIpc) is 3.41. The number of aryl methyl sites for hydroxylation is 1. The van der Waals surface area contributed by atoms with Crippen molar-refractivity contribution in [2.24, 2.45) is 25.4 Å². The van der Waals surface area contributed by atoms with Crippen molar-refractivity contribution in [3.8, 4) is 17.2 Å². The first kappa shape index (κ1) is 60.6. The van der Waals surface area contributed by atoms with Gasteiger partial charge < -0.3 is 29.8 Å². The molecule has 8 aromatic rings. The molecule has 415 valence electrons. The molecule has 8 rings (SSSR count). The van der Waals surface area contributed by atoms with Gasteiger partial charge in [0.15, 0.2) is 11.5 Å². The van der Waals surface area contributed by atoms with Crippen LogP contribution in [0, 0.1) is 17.0 Å². The van der Waals surface area contributed by atoms with Gasteiger partial charge in [-0.05, 0) is 114 Å². The summed E-state index contributed by atoms with van der Waals surface area (Å²) in [6.45, 7) is 1.51. The van der Waals surface area contributed by atoms with Gasteiger partial charge in [0.05, 0.1) is 50.0 Å². The monoisotopic (exact) mass is 1220 g/mol. The van der Waals surface area contributed by atoms with Crippen molar-refractivity contribution in [3.05, 3.63) is 149 Å². The molecule has 0 atom stereocenters. The van der Waals surface area contributed by atoms with E-state index in [1.165, 1.54) is 99.0 Å². The second-order valence-electron chi connectivity index (χ2n) is 16.6. The number of aliphatic hydroxyl groups excluding tert-OH is 1. The van der Waals surface area contributed by atoms with Crippen molar-refractivity contribution < 1.29 is 84.4 Å². The maximum absolute atomic E-state index is 13.4. The Morgan fingerprint density at radius 1 is 0.593 bits per heavy atom. The molecule has 0 heterocycles. The number of rotatable bonds is 17. The molecule has 0 spiro atoms. The Hall–Kier alpha value is -8.06. The van der Waals surface area contributed by atoms with Gasteiger partial charge in [-0.3, -0.25) is 28.3 Å². The topological polar surface area (TPSA) is 440 Å². The van der Waals surface area contributed by atoms with Crippen LogP contribution in [0.1, 0.15) is 5.56 Å². The van der Waals surface area contributed by atoms with E-state index >= 15 is 0 Å². The third kappa shape index (κ3) is 13.9. The molecule has 81 heavy (non-hydrogen) atoms. The van der Waals surface area contributed by atoms with Gasteiger partial charge >= 0.3 is 10.1 Å². The number of ether oxygens (including phenoxy) is 1. The van der Waals surface area contributed by atoms with E-state index in [4.69, 9.17) is 8.92 Å². The van der Waals surface area contributed by atoms with E-state index in [1.807, 2.05) is 0 Å². The van der Waals surface area contributed by atoms with Crippen molar-refractivity contribution in [1.82, 2.24) is 0 Å². The van der Waals surface area contributed by atoms with Gasteiger partial charge in [-0.1, -0.05) is 18.2 Å². The number of nitro groups is 1. The summed E-state index contributed by atoms with van der Waals surface area (Å²) >= 11 is 0. The molecule has 8 aromatic carbocycles. The Morgan fingerprint density at radius 2 is 1.21 bits per heavy atom. The quantitative estimate of drug-likeness (QED) is 0.00614. The number of methoxy groups -OCH3 is 1. The second kappa shape index (κ2) is 23.2. The van der Waals surface area contributed by atoms with Crippen molar-refractivity contribution >= 4 is 159 Å². The van der Waals surface area contributed by atoms with Gasteiger partial charge in [0, 0.05) is 70.6 Å². The van der Waals surface area contributed by atoms with E-state index < -0.39 is 110 Å². The fourth-order valence-corrected chi connectivity index (χ4v) is 10.9. The molecule has 28 nitrogen and oxygen atoms in total. The van der Waals surface area contributed by atoms with E-state index in [0.29, 0.717) is 12.1 Å². The molecule has 0 amide bonds. The SMILES string of the molecule is COc1cc(N=Nc2cc(S(=O)(=O)O)cc3cc(S(=O)(=O)O)cc(OS(=O)(=O)c4ccccc4)c23)c(C)cc1N=C(O)Nc1ccc2c(O)c(N=Nc3ccc(Nc4ccc([N+](=O)[O-])cc4S(=O)(=O)O)cc3)c(S(=O)(=O)O)cc2c1.[Na]. The number of aliphatic imine (C=N–C) groups is 1. The summed E-state index contributed by atoms with van der Waals surface area (Å²) < 4.78 is 176. The fourth-order valence-electron chi connectivity index (χ4n) is 7.53. The van der Waals surface area contributed by atoms with Gasteiger partial charge in [0.25, 0.3) is 52.2 Å². The molecule has 8 N–H and O–H groups in total. The van der Waals surface area contributed by atoms with Crippen LogP contribution in [0.5, 0.6) is 17.2 Å². The first-order valence-electron chi connectivity index (χ1n) is 21.9. The molecule has 0 aromatic heterocycles. The van der Waals surface area contributed by atoms with Crippen LogP contribution in [0.4, 0.5) is 51.2 Å². The Kier molecular flexibility index (Phi) is 17.3. The zero-order valence-electron chi connectivity index (χ0n) is 41.3. The van der Waals surface area contributed by atoms with Gasteiger partial charge in [0.1, 0.15) is 31.8 Å². The predicted molar refractivity (Wildman–Crippen MR) is 291 cm³/mol. The van der Waals surface area contributed by atoms with E-state index in [2.05, 4.69) is 36.1 Å². The van der Waals surface area contributed by atoms with Crippen LogP contribution in [0.25, 0.3) is 21.5 Å². The second-order valence-corrected chi connectivity index (χ2v) is 23.8. The molecule has 0 aliphatic heterocycles. The van der Waals surface area contributed by atoms with Gasteiger partial charge in [-0.15, -0.1) is 10.2 Å². The predicted octanol–water partition coefficient (Wildman–Crippen LogP) is 9.53. The average molecular weight is 1220 g/mol. The summed E-state index contributed by atoms with van der Waals surface area (Å²) in [4.78, 5) is 10.7. The number of nitrogens with zero attached hydrogens (tertiary/aromatic N) is 6. The molecule has 0 aliphatic rings. The number of anilines is 3. The van der Waals surface area contributed by atoms with Crippen molar-refractivity contribution in [2.45, 2.75) is 31.4 Å². The zero-order chi connectivity index (χ0) is 58.3. The van der Waals surface area contributed by atoms with Crippen molar-refractivity contribution in [2.75, 3.05) is 17.7 Å². The minimum atomic E-state index is -5.12. The van der Waals surface area contributed by atoms with Crippen molar-refractivity contribution in [1.29, 1.82) is 0 Å². The Labute approximate surface area is 480 Å². The van der Waals surface area contributed by atoms with Gasteiger partial charge in [0.2, 0.25) is 0 Å². The summed E-state index contributed by atoms with van der Waals surface area (Å²) in [6.07, 6.45) is 0. The number of hydrogen-bond donors (Lipinski definition) is 8. The number of benzene rings is 8. The summed E-state index contributed by atoms with van der Waals surface area (Å²) in [5.41, 5.74) is -1.41. The zero-order valence-corrected chi connectivity index (χ0v) is 47.4. The summed E-state index contributed by atoms with van der Waals surface area (Å²) in [5.74, 6) is -1.54. The molecule has 0 saturated heterocycles. The first-order chi connectivity index (χ1) is 37.4. The van der Waals surface area contributed by atoms with Crippen LogP contribution in [0.3, 0.4) is 0 Å². The van der Waals surface area contributed by atoms with Gasteiger partial charge in [-0.25, -0.2) is 0 Å². The largest absolute Gasteiger partial charge is 0.505 e.